The highest BCUT2D eigenvalue weighted by atomic mass is 32.1. The number of hydrogen-bond donors (Lipinski definition) is 3. The molecule has 1 amide bonds. The number of amides is 1. The lowest BCUT2D eigenvalue weighted by atomic mass is 10.0. The average Bonchev–Trinajstić information content (AvgIpc) is 3.08. The van der Waals surface area contributed by atoms with E-state index in [1.807, 2.05) is 5.38 Å². The highest BCUT2D eigenvalue weighted by Gasteiger charge is 2.28. The van der Waals surface area contributed by atoms with Crippen molar-refractivity contribution in [3.63, 3.8) is 0 Å². The molecule has 1 aromatic heterocycles. The lowest BCUT2D eigenvalue weighted by Gasteiger charge is -2.08. The maximum Gasteiger partial charge on any atom is 0.243 e. The van der Waals surface area contributed by atoms with Crippen molar-refractivity contribution in [2.75, 3.05) is 11.9 Å². The molecule has 6 heteroatoms. The van der Waals surface area contributed by atoms with E-state index in [9.17, 15) is 9.90 Å². The van der Waals surface area contributed by atoms with Crippen LogP contribution in [0.3, 0.4) is 0 Å². The fraction of sp³-hybridized carbons (Fsp3) is 0.375. The van der Waals surface area contributed by atoms with Crippen molar-refractivity contribution in [2.24, 2.45) is 0 Å². The quantitative estimate of drug-likeness (QED) is 0.810. The molecular weight excluding hydrogens is 298 g/mol. The number of anilines is 1. The summed E-state index contributed by atoms with van der Waals surface area (Å²) in [7, 11) is 0. The zero-order chi connectivity index (χ0) is 15.7. The van der Waals surface area contributed by atoms with Gasteiger partial charge in [-0.1, -0.05) is 23.8 Å². The second-order valence-electron chi connectivity index (χ2n) is 5.70. The van der Waals surface area contributed by atoms with Crippen molar-refractivity contribution < 1.29 is 9.90 Å². The second kappa shape index (κ2) is 6.16. The van der Waals surface area contributed by atoms with E-state index in [-0.39, 0.29) is 11.9 Å². The first kappa shape index (κ1) is 15.1. The van der Waals surface area contributed by atoms with Gasteiger partial charge in [0.15, 0.2) is 5.13 Å². The number of thiazole rings is 1. The van der Waals surface area contributed by atoms with E-state index in [2.05, 4.69) is 47.7 Å². The van der Waals surface area contributed by atoms with E-state index in [1.54, 1.807) is 0 Å². The summed E-state index contributed by atoms with van der Waals surface area (Å²) in [4.78, 5) is 16.6. The fourth-order valence-electron chi connectivity index (χ4n) is 2.67. The molecule has 1 fully saturated rings. The zero-order valence-corrected chi connectivity index (χ0v) is 13.4. The summed E-state index contributed by atoms with van der Waals surface area (Å²) in [5.41, 5.74) is 4.34. The van der Waals surface area contributed by atoms with Gasteiger partial charge in [0, 0.05) is 17.5 Å². The van der Waals surface area contributed by atoms with Crippen LogP contribution in [-0.4, -0.2) is 34.7 Å². The van der Waals surface area contributed by atoms with Crippen LogP contribution in [0.2, 0.25) is 0 Å². The minimum atomic E-state index is -0.446. The lowest BCUT2D eigenvalue weighted by Crippen LogP contribution is -2.35. The number of nitrogens with zero attached hydrogens (tertiary/aromatic N) is 1. The van der Waals surface area contributed by atoms with E-state index in [0.717, 1.165) is 11.3 Å². The maximum atomic E-state index is 12.1. The molecule has 0 bridgehead atoms. The summed E-state index contributed by atoms with van der Waals surface area (Å²) in [6.07, 6.45) is -0.000897. The van der Waals surface area contributed by atoms with Crippen LogP contribution in [0.4, 0.5) is 5.13 Å². The molecular formula is C16H19N3O2S. The van der Waals surface area contributed by atoms with E-state index in [4.69, 9.17) is 0 Å². The van der Waals surface area contributed by atoms with Crippen LogP contribution in [-0.2, 0) is 4.79 Å². The first-order valence-corrected chi connectivity index (χ1v) is 8.16. The highest BCUT2D eigenvalue weighted by Crippen LogP contribution is 2.28. The van der Waals surface area contributed by atoms with Crippen LogP contribution in [0.5, 0.6) is 0 Å². The number of rotatable bonds is 3. The molecule has 2 atom stereocenters. The van der Waals surface area contributed by atoms with Gasteiger partial charge < -0.3 is 15.7 Å². The molecule has 3 rings (SSSR count). The first-order chi connectivity index (χ1) is 10.5. The normalized spacial score (nSPS) is 21.0. The SMILES string of the molecule is Cc1ccc(-c2csc(NC(=O)[C@H]3C[C@@H](O)CN3)n2)c(C)c1. The molecule has 0 spiro atoms. The summed E-state index contributed by atoms with van der Waals surface area (Å²) in [5, 5.41) is 17.8. The lowest BCUT2D eigenvalue weighted by molar-refractivity contribution is -0.117. The van der Waals surface area contributed by atoms with Gasteiger partial charge in [-0.2, -0.15) is 0 Å². The summed E-state index contributed by atoms with van der Waals surface area (Å²) in [6.45, 7) is 4.58. The Balaban J connectivity index is 1.72. The Morgan fingerprint density at radius 1 is 1.45 bits per heavy atom. The van der Waals surface area contributed by atoms with Crippen molar-refractivity contribution in [3.05, 3.63) is 34.7 Å². The third kappa shape index (κ3) is 3.19. The zero-order valence-electron chi connectivity index (χ0n) is 12.6. The maximum absolute atomic E-state index is 12.1. The summed E-state index contributed by atoms with van der Waals surface area (Å²) in [6, 6.07) is 5.89. The van der Waals surface area contributed by atoms with Gasteiger partial charge >= 0.3 is 0 Å². The number of carbonyl (C=O) groups is 1. The van der Waals surface area contributed by atoms with Gasteiger partial charge in [0.25, 0.3) is 0 Å². The minimum absolute atomic E-state index is 0.141. The van der Waals surface area contributed by atoms with Crippen LogP contribution in [0.25, 0.3) is 11.3 Å². The Bertz CT molecular complexity index is 698. The van der Waals surface area contributed by atoms with Crippen molar-refractivity contribution >= 4 is 22.4 Å². The molecule has 22 heavy (non-hydrogen) atoms. The standard InChI is InChI=1S/C16H19N3O2S/c1-9-3-4-12(10(2)5-9)14-8-22-16(18-14)19-15(21)13-6-11(20)7-17-13/h3-5,8,11,13,17,20H,6-7H2,1-2H3,(H,18,19,21)/t11-,13-/m1/s1. The van der Waals surface area contributed by atoms with Gasteiger partial charge in [-0.05, 0) is 25.8 Å². The molecule has 2 heterocycles. The Morgan fingerprint density at radius 2 is 2.27 bits per heavy atom. The van der Waals surface area contributed by atoms with E-state index in [1.165, 1.54) is 22.5 Å². The van der Waals surface area contributed by atoms with Gasteiger partial charge in [-0.25, -0.2) is 4.98 Å². The fourth-order valence-corrected chi connectivity index (χ4v) is 3.38. The van der Waals surface area contributed by atoms with Gasteiger partial charge in [0.1, 0.15) is 0 Å². The van der Waals surface area contributed by atoms with E-state index < -0.39 is 6.10 Å². The molecule has 1 aliphatic rings. The summed E-state index contributed by atoms with van der Waals surface area (Å²) < 4.78 is 0. The van der Waals surface area contributed by atoms with Gasteiger partial charge in [-0.15, -0.1) is 11.3 Å². The number of carbonyl (C=O) groups excluding carboxylic acids is 1. The second-order valence-corrected chi connectivity index (χ2v) is 6.55. The van der Waals surface area contributed by atoms with Crippen molar-refractivity contribution in [1.82, 2.24) is 10.3 Å². The number of aryl methyl sites for hydroxylation is 2. The Morgan fingerprint density at radius 3 is 2.95 bits per heavy atom. The van der Waals surface area contributed by atoms with Crippen LogP contribution >= 0.6 is 11.3 Å². The molecule has 2 aromatic rings. The number of nitrogens with one attached hydrogen (secondary N) is 2. The van der Waals surface area contributed by atoms with Gasteiger partial charge in [-0.3, -0.25) is 4.79 Å². The van der Waals surface area contributed by atoms with Crippen LogP contribution in [0.15, 0.2) is 23.6 Å². The topological polar surface area (TPSA) is 74.2 Å². The van der Waals surface area contributed by atoms with Crippen molar-refractivity contribution in [1.29, 1.82) is 0 Å². The number of β-amino-alcohol motifs (C(OH)–C–C–N with tert-alkyl or cyclic N) is 1. The van der Waals surface area contributed by atoms with Crippen molar-refractivity contribution in [3.8, 4) is 11.3 Å². The molecule has 0 unspecified atom stereocenters. The number of benzene rings is 1. The Kier molecular flexibility index (Phi) is 4.24. The largest absolute Gasteiger partial charge is 0.392 e. The Hall–Kier alpha value is -1.76. The third-order valence-corrected chi connectivity index (χ3v) is 4.57. The van der Waals surface area contributed by atoms with Crippen molar-refractivity contribution in [2.45, 2.75) is 32.4 Å². The first-order valence-electron chi connectivity index (χ1n) is 7.28. The average molecular weight is 317 g/mol. The molecule has 1 saturated heterocycles. The van der Waals surface area contributed by atoms with E-state index >= 15 is 0 Å². The Labute approximate surface area is 133 Å². The molecule has 5 nitrogen and oxygen atoms in total. The smallest absolute Gasteiger partial charge is 0.243 e. The summed E-state index contributed by atoms with van der Waals surface area (Å²) in [5.74, 6) is -0.141. The van der Waals surface area contributed by atoms with Crippen LogP contribution < -0.4 is 10.6 Å². The molecule has 0 radical (unpaired) electrons. The number of hydrogen-bond acceptors (Lipinski definition) is 5. The predicted octanol–water partition coefficient (Wildman–Crippen LogP) is 2.09. The minimum Gasteiger partial charge on any atom is -0.392 e. The van der Waals surface area contributed by atoms with Crippen LogP contribution in [0.1, 0.15) is 17.5 Å². The summed E-state index contributed by atoms with van der Waals surface area (Å²) >= 11 is 1.41. The highest BCUT2D eigenvalue weighted by molar-refractivity contribution is 7.14. The van der Waals surface area contributed by atoms with E-state index in [0.29, 0.717) is 18.1 Å². The predicted molar refractivity (Wildman–Crippen MR) is 88.1 cm³/mol. The molecule has 3 N–H and O–H groups in total. The number of aliphatic hydroxyl groups excluding tert-OH is 1. The van der Waals surface area contributed by atoms with Crippen LogP contribution in [0, 0.1) is 13.8 Å². The van der Waals surface area contributed by atoms with Gasteiger partial charge in [0.2, 0.25) is 5.91 Å². The molecule has 0 aliphatic carbocycles. The molecule has 116 valence electrons. The third-order valence-electron chi connectivity index (χ3n) is 3.82. The van der Waals surface area contributed by atoms with Gasteiger partial charge in [0.05, 0.1) is 17.8 Å². The molecule has 1 aliphatic heterocycles. The number of aliphatic hydroxyl groups is 1. The monoisotopic (exact) mass is 317 g/mol. The molecule has 1 aromatic carbocycles. The molecule has 0 saturated carbocycles. The number of aromatic nitrogens is 1.